The van der Waals surface area contributed by atoms with Crippen molar-refractivity contribution in [1.82, 2.24) is 19.8 Å². The molecule has 1 aliphatic heterocycles. The van der Waals surface area contributed by atoms with E-state index in [1.165, 1.54) is 6.07 Å². The van der Waals surface area contributed by atoms with Gasteiger partial charge in [-0.05, 0) is 43.5 Å². The van der Waals surface area contributed by atoms with Gasteiger partial charge in [0.05, 0.1) is 6.54 Å². The number of halogens is 2. The number of benzene rings is 1. The van der Waals surface area contributed by atoms with Crippen LogP contribution in [0.4, 0.5) is 14.6 Å². The molecule has 0 bridgehead atoms. The lowest BCUT2D eigenvalue weighted by atomic mass is 10.1. The van der Waals surface area contributed by atoms with E-state index in [9.17, 15) is 13.6 Å². The van der Waals surface area contributed by atoms with E-state index in [-0.39, 0.29) is 23.8 Å². The van der Waals surface area contributed by atoms with E-state index in [0.29, 0.717) is 43.3 Å². The van der Waals surface area contributed by atoms with Gasteiger partial charge >= 0.3 is 0 Å². The van der Waals surface area contributed by atoms with E-state index in [0.717, 1.165) is 12.5 Å². The Morgan fingerprint density at radius 2 is 2.18 bits per heavy atom. The van der Waals surface area contributed by atoms with Crippen molar-refractivity contribution in [3.05, 3.63) is 53.5 Å². The van der Waals surface area contributed by atoms with E-state index < -0.39 is 11.6 Å². The molecule has 1 aromatic heterocycles. The Morgan fingerprint density at radius 3 is 2.96 bits per heavy atom. The minimum Gasteiger partial charge on any atom is -0.384 e. The van der Waals surface area contributed by atoms with E-state index in [4.69, 9.17) is 5.73 Å². The zero-order valence-electron chi connectivity index (χ0n) is 15.7. The van der Waals surface area contributed by atoms with E-state index >= 15 is 0 Å². The fourth-order valence-electron chi connectivity index (χ4n) is 4.00. The van der Waals surface area contributed by atoms with E-state index in [1.54, 1.807) is 18.3 Å². The molecule has 8 heteroatoms. The van der Waals surface area contributed by atoms with Gasteiger partial charge in [0.1, 0.15) is 11.6 Å². The van der Waals surface area contributed by atoms with Crippen molar-refractivity contribution in [2.24, 2.45) is 5.92 Å². The number of hydrogen-bond donors (Lipinski definition) is 1. The summed E-state index contributed by atoms with van der Waals surface area (Å²) in [7, 11) is 1.98. The zero-order chi connectivity index (χ0) is 19.8. The molecule has 1 amide bonds. The number of aromatic nitrogens is 2. The largest absolute Gasteiger partial charge is 0.384 e. The molecule has 2 heterocycles. The number of nitrogen functional groups attached to an aromatic ring is 1. The average Bonchev–Trinajstić information content (AvgIpc) is 3.29. The van der Waals surface area contributed by atoms with Crippen LogP contribution in [0.25, 0.3) is 0 Å². The van der Waals surface area contributed by atoms with Gasteiger partial charge in [-0.15, -0.1) is 0 Å². The van der Waals surface area contributed by atoms with Crippen LogP contribution in [0.1, 0.15) is 30.1 Å². The van der Waals surface area contributed by atoms with Gasteiger partial charge in [0.2, 0.25) is 5.91 Å². The number of amides is 1. The normalized spacial score (nSPS) is 24.0. The van der Waals surface area contributed by atoms with E-state index in [1.807, 2.05) is 11.9 Å². The molecule has 28 heavy (non-hydrogen) atoms. The van der Waals surface area contributed by atoms with Gasteiger partial charge in [0, 0.05) is 31.2 Å². The molecule has 2 N–H and O–H groups in total. The highest BCUT2D eigenvalue weighted by atomic mass is 19.2. The first kappa shape index (κ1) is 18.7. The summed E-state index contributed by atoms with van der Waals surface area (Å²) in [6, 6.07) is 6.02. The third-order valence-electron chi connectivity index (χ3n) is 5.70. The van der Waals surface area contributed by atoms with Crippen LogP contribution in [-0.2, 0) is 11.3 Å². The Kier molecular flexibility index (Phi) is 4.97. The van der Waals surface area contributed by atoms with Gasteiger partial charge in [-0.2, -0.15) is 0 Å². The Bertz CT molecular complexity index is 893. The first-order valence-electron chi connectivity index (χ1n) is 9.44. The first-order valence-corrected chi connectivity index (χ1v) is 9.44. The van der Waals surface area contributed by atoms with Gasteiger partial charge in [0.15, 0.2) is 11.6 Å². The number of likely N-dealkylation sites (tertiary alicyclic amines) is 1. The summed E-state index contributed by atoms with van der Waals surface area (Å²) in [5.74, 6) is -1.05. The molecule has 0 unspecified atom stereocenters. The zero-order valence-corrected chi connectivity index (χ0v) is 15.7. The molecule has 6 nitrogen and oxygen atoms in total. The second kappa shape index (κ2) is 7.43. The highest BCUT2D eigenvalue weighted by Crippen LogP contribution is 2.49. The summed E-state index contributed by atoms with van der Waals surface area (Å²) in [6.45, 7) is 1.84. The second-order valence-electron chi connectivity index (χ2n) is 7.63. The average molecular weight is 387 g/mol. The molecule has 2 aliphatic rings. The molecule has 0 spiro atoms. The third kappa shape index (κ3) is 3.69. The fourth-order valence-corrected chi connectivity index (χ4v) is 4.00. The molecule has 4 rings (SSSR count). The highest BCUT2D eigenvalue weighted by molar-refractivity contribution is 5.83. The van der Waals surface area contributed by atoms with Gasteiger partial charge < -0.3 is 10.6 Å². The molecular formula is C20H23F2N5O. The number of nitrogens with two attached hydrogens (primary N) is 1. The number of carbonyl (C=O) groups excluding carboxylic acids is 1. The highest BCUT2D eigenvalue weighted by Gasteiger charge is 2.48. The molecule has 2 aromatic rings. The van der Waals surface area contributed by atoms with Crippen molar-refractivity contribution in [3.63, 3.8) is 0 Å². The minimum absolute atomic E-state index is 0.0322. The van der Waals surface area contributed by atoms with Crippen LogP contribution in [0.2, 0.25) is 0 Å². The summed E-state index contributed by atoms with van der Waals surface area (Å²) in [5.41, 5.74) is 6.01. The minimum atomic E-state index is -0.859. The van der Waals surface area contributed by atoms with Crippen molar-refractivity contribution in [1.29, 1.82) is 0 Å². The van der Waals surface area contributed by atoms with Crippen molar-refractivity contribution >= 4 is 11.7 Å². The van der Waals surface area contributed by atoms with Crippen LogP contribution in [0.15, 0.2) is 30.5 Å². The Labute approximate surface area is 162 Å². The van der Waals surface area contributed by atoms with Gasteiger partial charge in [0.25, 0.3) is 0 Å². The molecule has 0 radical (unpaired) electrons. The van der Waals surface area contributed by atoms with Crippen molar-refractivity contribution in [3.8, 4) is 0 Å². The van der Waals surface area contributed by atoms with Gasteiger partial charge in [-0.3, -0.25) is 9.69 Å². The lowest BCUT2D eigenvalue weighted by molar-refractivity contribution is -0.131. The number of nitrogens with zero attached hydrogens (tertiary/aromatic N) is 4. The standard InChI is InChI=1S/C20H23F2N5O/c1-26(11-18-24-7-5-17(23)25-18)12-6-8-27(10-12)20(28)15-9-14(15)13-3-2-4-16(21)19(13)22/h2-5,7,12,14-15H,6,8-11H2,1H3,(H2,23,24,25)/t12-,14-,15-/m1/s1. The smallest absolute Gasteiger partial charge is 0.226 e. The predicted molar refractivity (Wildman–Crippen MR) is 100 cm³/mol. The lowest BCUT2D eigenvalue weighted by Crippen LogP contribution is -2.37. The topological polar surface area (TPSA) is 75.4 Å². The molecular weight excluding hydrogens is 364 g/mol. The number of anilines is 1. The fraction of sp³-hybridized carbons (Fsp3) is 0.450. The maximum absolute atomic E-state index is 14.0. The Morgan fingerprint density at radius 1 is 1.36 bits per heavy atom. The van der Waals surface area contributed by atoms with Crippen LogP contribution >= 0.6 is 0 Å². The second-order valence-corrected chi connectivity index (χ2v) is 7.63. The third-order valence-corrected chi connectivity index (χ3v) is 5.70. The molecule has 148 valence electrons. The monoisotopic (exact) mass is 387 g/mol. The van der Waals surface area contributed by atoms with E-state index in [2.05, 4.69) is 14.9 Å². The maximum atomic E-state index is 14.0. The summed E-state index contributed by atoms with van der Waals surface area (Å²) in [5, 5.41) is 0. The Balaban J connectivity index is 1.34. The Hall–Kier alpha value is -2.61. The molecule has 1 saturated heterocycles. The number of carbonyl (C=O) groups is 1. The van der Waals surface area contributed by atoms with Crippen molar-refractivity contribution in [2.75, 3.05) is 25.9 Å². The summed E-state index contributed by atoms with van der Waals surface area (Å²) in [6.07, 6.45) is 3.07. The molecule has 1 saturated carbocycles. The molecule has 1 aromatic carbocycles. The maximum Gasteiger partial charge on any atom is 0.226 e. The van der Waals surface area contributed by atoms with Crippen LogP contribution < -0.4 is 5.73 Å². The van der Waals surface area contributed by atoms with Crippen LogP contribution in [0.5, 0.6) is 0 Å². The predicted octanol–water partition coefficient (Wildman–Crippen LogP) is 2.17. The van der Waals surface area contributed by atoms with Crippen LogP contribution in [0, 0.1) is 17.6 Å². The number of likely N-dealkylation sites (N-methyl/N-ethyl adjacent to an activating group) is 1. The lowest BCUT2D eigenvalue weighted by Gasteiger charge is -2.24. The molecule has 1 aliphatic carbocycles. The van der Waals surface area contributed by atoms with Crippen molar-refractivity contribution < 1.29 is 13.6 Å². The quantitative estimate of drug-likeness (QED) is 0.851. The molecule has 2 fully saturated rings. The SMILES string of the molecule is CN(Cc1nccc(N)n1)[C@@H]1CCN(C(=O)[C@@H]2C[C@@H]2c2cccc(F)c2F)C1. The summed E-state index contributed by atoms with van der Waals surface area (Å²) >= 11 is 0. The summed E-state index contributed by atoms with van der Waals surface area (Å²) in [4.78, 5) is 25.2. The summed E-state index contributed by atoms with van der Waals surface area (Å²) < 4.78 is 27.4. The van der Waals surface area contributed by atoms with Gasteiger partial charge in [-0.25, -0.2) is 18.7 Å². The van der Waals surface area contributed by atoms with Crippen LogP contribution in [-0.4, -0.2) is 51.9 Å². The number of rotatable bonds is 5. The first-order chi connectivity index (χ1) is 13.4. The van der Waals surface area contributed by atoms with Gasteiger partial charge in [-0.1, -0.05) is 12.1 Å². The number of hydrogen-bond acceptors (Lipinski definition) is 5. The van der Waals surface area contributed by atoms with Crippen molar-refractivity contribution in [2.45, 2.75) is 31.3 Å². The molecule has 3 atom stereocenters. The van der Waals surface area contributed by atoms with Crippen LogP contribution in [0.3, 0.4) is 0 Å².